The minimum Gasteiger partial charge on any atom is -0.310 e. The number of rotatable bonds is 3. The van der Waals surface area contributed by atoms with Gasteiger partial charge in [-0.05, 0) is 32.3 Å². The topological polar surface area (TPSA) is 23.6 Å². The summed E-state index contributed by atoms with van der Waals surface area (Å²) in [5.41, 5.74) is 0.961. The van der Waals surface area contributed by atoms with Gasteiger partial charge >= 0.3 is 0 Å². The smallest absolute Gasteiger partial charge is 0.228 e. The van der Waals surface area contributed by atoms with Crippen LogP contribution in [0.2, 0.25) is 5.02 Å². The molecule has 1 aliphatic rings. The van der Waals surface area contributed by atoms with Crippen molar-refractivity contribution in [3.8, 4) is 0 Å². The van der Waals surface area contributed by atoms with Gasteiger partial charge in [-0.15, -0.1) is 11.8 Å². The summed E-state index contributed by atoms with van der Waals surface area (Å²) < 4.78 is 0. The summed E-state index contributed by atoms with van der Waals surface area (Å²) in [6.07, 6.45) is 0.545. The molecular formula is C13H17ClN2OS. The lowest BCUT2D eigenvalue weighted by molar-refractivity contribution is -0.118. The molecule has 18 heavy (non-hydrogen) atoms. The van der Waals surface area contributed by atoms with Crippen LogP contribution >= 0.6 is 23.4 Å². The molecule has 0 atom stereocenters. The van der Waals surface area contributed by atoms with E-state index in [1.807, 2.05) is 42.1 Å². The molecule has 2 rings (SSSR count). The summed E-state index contributed by atoms with van der Waals surface area (Å²) in [6.45, 7) is 1.54. The Kier molecular flexibility index (Phi) is 4.54. The molecule has 0 aromatic heterocycles. The highest BCUT2D eigenvalue weighted by Gasteiger charge is 2.22. The van der Waals surface area contributed by atoms with Crippen LogP contribution in [0.25, 0.3) is 0 Å². The second-order valence-corrected chi connectivity index (χ2v) is 6.13. The molecule has 98 valence electrons. The average Bonchev–Trinajstić information content (AvgIpc) is 2.35. The van der Waals surface area contributed by atoms with Gasteiger partial charge in [0.2, 0.25) is 5.91 Å². The SMILES string of the molecule is CN(C)CCC(=O)N1CCSc2ccc(Cl)cc21. The van der Waals surface area contributed by atoms with E-state index < -0.39 is 0 Å². The summed E-state index contributed by atoms with van der Waals surface area (Å²) in [5.74, 6) is 1.12. The van der Waals surface area contributed by atoms with Crippen molar-refractivity contribution in [2.45, 2.75) is 11.3 Å². The predicted molar refractivity (Wildman–Crippen MR) is 77.7 cm³/mol. The van der Waals surface area contributed by atoms with Crippen molar-refractivity contribution >= 4 is 35.0 Å². The van der Waals surface area contributed by atoms with E-state index in [0.717, 1.165) is 29.4 Å². The van der Waals surface area contributed by atoms with E-state index in [9.17, 15) is 4.79 Å². The molecule has 0 saturated heterocycles. The number of halogens is 1. The van der Waals surface area contributed by atoms with Gasteiger partial charge in [-0.3, -0.25) is 4.79 Å². The Balaban J connectivity index is 2.16. The third kappa shape index (κ3) is 3.19. The van der Waals surface area contributed by atoms with Crippen molar-refractivity contribution in [2.24, 2.45) is 0 Å². The number of benzene rings is 1. The molecule has 0 saturated carbocycles. The first-order chi connectivity index (χ1) is 8.58. The Morgan fingerprint density at radius 3 is 3.00 bits per heavy atom. The van der Waals surface area contributed by atoms with E-state index in [-0.39, 0.29) is 5.91 Å². The Morgan fingerprint density at radius 2 is 2.28 bits per heavy atom. The molecule has 3 nitrogen and oxygen atoms in total. The van der Waals surface area contributed by atoms with Crippen LogP contribution in [-0.2, 0) is 4.79 Å². The van der Waals surface area contributed by atoms with Gasteiger partial charge in [0.25, 0.3) is 0 Å². The van der Waals surface area contributed by atoms with Crippen molar-refractivity contribution < 1.29 is 4.79 Å². The molecule has 1 aromatic rings. The summed E-state index contributed by atoms with van der Waals surface area (Å²) in [4.78, 5) is 17.3. The number of carbonyl (C=O) groups is 1. The quantitative estimate of drug-likeness (QED) is 0.853. The maximum Gasteiger partial charge on any atom is 0.228 e. The first-order valence-corrected chi connectivity index (χ1v) is 7.32. The zero-order valence-electron chi connectivity index (χ0n) is 10.6. The average molecular weight is 285 g/mol. The molecule has 0 aliphatic carbocycles. The third-order valence-corrected chi connectivity index (χ3v) is 4.14. The number of hydrogen-bond donors (Lipinski definition) is 0. The lowest BCUT2D eigenvalue weighted by Gasteiger charge is -2.29. The van der Waals surface area contributed by atoms with Gasteiger partial charge < -0.3 is 9.80 Å². The third-order valence-electron chi connectivity index (χ3n) is 2.86. The zero-order valence-corrected chi connectivity index (χ0v) is 12.2. The molecule has 0 radical (unpaired) electrons. The molecular weight excluding hydrogens is 268 g/mol. The number of fused-ring (bicyclic) bond motifs is 1. The fraction of sp³-hybridized carbons (Fsp3) is 0.462. The summed E-state index contributed by atoms with van der Waals surface area (Å²) in [7, 11) is 3.95. The Bertz CT molecular complexity index is 451. The molecule has 0 fully saturated rings. The molecule has 0 N–H and O–H groups in total. The first kappa shape index (κ1) is 13.7. The van der Waals surface area contributed by atoms with Crippen LogP contribution in [0.4, 0.5) is 5.69 Å². The number of nitrogens with zero attached hydrogens (tertiary/aromatic N) is 2. The molecule has 1 aromatic carbocycles. The van der Waals surface area contributed by atoms with E-state index >= 15 is 0 Å². The van der Waals surface area contributed by atoms with Crippen molar-refractivity contribution in [2.75, 3.05) is 37.8 Å². The fourth-order valence-corrected chi connectivity index (χ4v) is 3.05. The highest BCUT2D eigenvalue weighted by Crippen LogP contribution is 2.36. The van der Waals surface area contributed by atoms with Gasteiger partial charge in [-0.1, -0.05) is 11.6 Å². The van der Waals surface area contributed by atoms with E-state index in [1.54, 1.807) is 11.8 Å². The molecule has 0 bridgehead atoms. The number of carbonyl (C=O) groups excluding carboxylic acids is 1. The molecule has 5 heteroatoms. The standard InChI is InChI=1S/C13H17ClN2OS/c1-15(2)6-5-13(17)16-7-8-18-12-4-3-10(14)9-11(12)16/h3-4,9H,5-8H2,1-2H3. The number of anilines is 1. The maximum atomic E-state index is 12.2. The van der Waals surface area contributed by atoms with E-state index in [2.05, 4.69) is 0 Å². The van der Waals surface area contributed by atoms with Gasteiger partial charge in [0.05, 0.1) is 5.69 Å². The first-order valence-electron chi connectivity index (χ1n) is 5.95. The molecule has 1 amide bonds. The lowest BCUT2D eigenvalue weighted by atomic mass is 10.2. The highest BCUT2D eigenvalue weighted by atomic mass is 35.5. The number of thioether (sulfide) groups is 1. The van der Waals surface area contributed by atoms with Crippen LogP contribution in [-0.4, -0.2) is 43.7 Å². The van der Waals surface area contributed by atoms with Crippen molar-refractivity contribution in [1.82, 2.24) is 4.90 Å². The largest absolute Gasteiger partial charge is 0.310 e. The molecule has 0 unspecified atom stereocenters. The monoisotopic (exact) mass is 284 g/mol. The zero-order chi connectivity index (χ0) is 13.1. The van der Waals surface area contributed by atoms with Gasteiger partial charge in [0, 0.05) is 35.2 Å². The van der Waals surface area contributed by atoms with Crippen LogP contribution in [0.15, 0.2) is 23.1 Å². The van der Waals surface area contributed by atoms with E-state index in [0.29, 0.717) is 11.4 Å². The van der Waals surface area contributed by atoms with Crippen LogP contribution in [0.3, 0.4) is 0 Å². The second-order valence-electron chi connectivity index (χ2n) is 4.56. The van der Waals surface area contributed by atoms with Gasteiger partial charge in [0.15, 0.2) is 0 Å². The summed E-state index contributed by atoms with van der Waals surface area (Å²) >= 11 is 7.80. The van der Waals surface area contributed by atoms with Crippen LogP contribution in [0, 0.1) is 0 Å². The number of amides is 1. The lowest BCUT2D eigenvalue weighted by Crippen LogP contribution is -2.36. The van der Waals surface area contributed by atoms with Gasteiger partial charge in [0.1, 0.15) is 0 Å². The van der Waals surface area contributed by atoms with Crippen molar-refractivity contribution in [1.29, 1.82) is 0 Å². The van der Waals surface area contributed by atoms with E-state index in [1.165, 1.54) is 0 Å². The predicted octanol–water partition coefficient (Wildman–Crippen LogP) is 2.73. The molecule has 1 aliphatic heterocycles. The minimum absolute atomic E-state index is 0.174. The van der Waals surface area contributed by atoms with Crippen LogP contribution < -0.4 is 4.90 Å². The van der Waals surface area contributed by atoms with Gasteiger partial charge in [-0.2, -0.15) is 0 Å². The Morgan fingerprint density at radius 1 is 1.50 bits per heavy atom. The highest BCUT2D eigenvalue weighted by molar-refractivity contribution is 7.99. The Hall–Kier alpha value is -0.710. The molecule has 0 spiro atoms. The molecule has 1 heterocycles. The van der Waals surface area contributed by atoms with Crippen molar-refractivity contribution in [3.63, 3.8) is 0 Å². The maximum absolute atomic E-state index is 12.2. The Labute approximate surface area is 117 Å². The number of hydrogen-bond acceptors (Lipinski definition) is 3. The van der Waals surface area contributed by atoms with Crippen molar-refractivity contribution in [3.05, 3.63) is 23.2 Å². The van der Waals surface area contributed by atoms with E-state index in [4.69, 9.17) is 11.6 Å². The second kappa shape index (κ2) is 5.95. The van der Waals surface area contributed by atoms with Gasteiger partial charge in [-0.25, -0.2) is 0 Å². The van der Waals surface area contributed by atoms with Crippen LogP contribution in [0.5, 0.6) is 0 Å². The van der Waals surface area contributed by atoms with Crippen LogP contribution in [0.1, 0.15) is 6.42 Å². The minimum atomic E-state index is 0.174. The summed E-state index contributed by atoms with van der Waals surface area (Å²) in [5, 5.41) is 0.682. The normalized spacial score (nSPS) is 14.8. The fourth-order valence-electron chi connectivity index (χ4n) is 1.90. The summed E-state index contributed by atoms with van der Waals surface area (Å²) in [6, 6.07) is 5.76.